The van der Waals surface area contributed by atoms with Gasteiger partial charge in [0.05, 0.1) is 23.8 Å². The average Bonchev–Trinajstić information content (AvgIpc) is 2.97. The first-order chi connectivity index (χ1) is 10.1. The molecule has 21 heavy (non-hydrogen) atoms. The lowest BCUT2D eigenvalue weighted by molar-refractivity contribution is -0.385. The summed E-state index contributed by atoms with van der Waals surface area (Å²) in [5, 5.41) is 20.1. The van der Waals surface area contributed by atoms with Crippen LogP contribution in [0.2, 0.25) is 0 Å². The van der Waals surface area contributed by atoms with E-state index in [0.29, 0.717) is 19.4 Å². The predicted molar refractivity (Wildman–Crippen MR) is 72.8 cm³/mol. The Morgan fingerprint density at radius 2 is 2.33 bits per heavy atom. The van der Waals surface area contributed by atoms with Gasteiger partial charge in [0.25, 0.3) is 0 Å². The van der Waals surface area contributed by atoms with Crippen LogP contribution in [0.15, 0.2) is 18.5 Å². The van der Waals surface area contributed by atoms with E-state index < -0.39 is 16.4 Å². The fourth-order valence-electron chi connectivity index (χ4n) is 1.81. The van der Waals surface area contributed by atoms with Crippen molar-refractivity contribution in [3.63, 3.8) is 0 Å². The topological polar surface area (TPSA) is 106 Å². The monoisotopic (exact) mass is 295 g/mol. The molecule has 0 spiro atoms. The van der Waals surface area contributed by atoms with Gasteiger partial charge in [-0.05, 0) is 6.42 Å². The van der Waals surface area contributed by atoms with E-state index in [2.05, 4.69) is 20.5 Å². The molecular formula is C12H14FN5O3. The molecule has 0 radical (unpaired) electrons. The van der Waals surface area contributed by atoms with Crippen LogP contribution < -0.4 is 10.1 Å². The maximum Gasteiger partial charge on any atom is 0.313 e. The van der Waals surface area contributed by atoms with E-state index in [1.165, 1.54) is 19.5 Å². The summed E-state index contributed by atoms with van der Waals surface area (Å²) in [6.07, 6.45) is 2.79. The number of benzene rings is 1. The van der Waals surface area contributed by atoms with Crippen LogP contribution in [0, 0.1) is 15.9 Å². The zero-order valence-electron chi connectivity index (χ0n) is 11.3. The highest BCUT2D eigenvalue weighted by Crippen LogP contribution is 2.32. The third-order valence-electron chi connectivity index (χ3n) is 2.84. The molecule has 0 fully saturated rings. The molecule has 0 saturated carbocycles. The number of halogens is 1. The van der Waals surface area contributed by atoms with Crippen LogP contribution in [0.4, 0.5) is 15.8 Å². The molecule has 2 aromatic rings. The van der Waals surface area contributed by atoms with E-state index in [1.807, 2.05) is 0 Å². The van der Waals surface area contributed by atoms with Gasteiger partial charge in [-0.15, -0.1) is 0 Å². The minimum Gasteiger partial charge on any atom is -0.490 e. The lowest BCUT2D eigenvalue weighted by atomic mass is 10.2. The van der Waals surface area contributed by atoms with Crippen molar-refractivity contribution in [2.24, 2.45) is 0 Å². The Labute approximate surface area is 119 Å². The fraction of sp³-hybridized carbons (Fsp3) is 0.333. The molecule has 0 atom stereocenters. The van der Waals surface area contributed by atoms with Gasteiger partial charge in [0.15, 0.2) is 11.6 Å². The van der Waals surface area contributed by atoms with E-state index in [1.54, 1.807) is 0 Å². The average molecular weight is 295 g/mol. The molecule has 1 aromatic heterocycles. The molecule has 112 valence electrons. The van der Waals surface area contributed by atoms with Gasteiger partial charge in [0.1, 0.15) is 12.2 Å². The third kappa shape index (κ3) is 3.65. The minimum atomic E-state index is -0.692. The highest BCUT2D eigenvalue weighted by Gasteiger charge is 2.18. The number of hydrogen-bond acceptors (Lipinski definition) is 6. The Bertz CT molecular complexity index is 618. The number of ether oxygens (including phenoxy) is 1. The van der Waals surface area contributed by atoms with E-state index in [9.17, 15) is 14.5 Å². The molecule has 0 saturated heterocycles. The van der Waals surface area contributed by atoms with Crippen molar-refractivity contribution in [3.8, 4) is 5.75 Å². The summed E-state index contributed by atoms with van der Waals surface area (Å²) >= 11 is 0. The van der Waals surface area contributed by atoms with Gasteiger partial charge in [-0.1, -0.05) is 0 Å². The van der Waals surface area contributed by atoms with Crippen molar-refractivity contribution in [2.75, 3.05) is 19.0 Å². The van der Waals surface area contributed by atoms with Crippen LogP contribution in [0.3, 0.4) is 0 Å². The molecule has 0 aliphatic heterocycles. The number of hydrogen-bond donors (Lipinski definition) is 2. The Morgan fingerprint density at radius 1 is 1.52 bits per heavy atom. The molecule has 2 N–H and O–H groups in total. The highest BCUT2D eigenvalue weighted by molar-refractivity contribution is 5.59. The van der Waals surface area contributed by atoms with Gasteiger partial charge in [0, 0.05) is 19.0 Å². The lowest BCUT2D eigenvalue weighted by Crippen LogP contribution is -2.06. The number of methoxy groups -OCH3 is 1. The lowest BCUT2D eigenvalue weighted by Gasteiger charge is -2.09. The molecule has 0 amide bonds. The molecule has 0 aliphatic carbocycles. The zero-order valence-corrected chi connectivity index (χ0v) is 11.3. The van der Waals surface area contributed by atoms with Crippen molar-refractivity contribution < 1.29 is 14.1 Å². The van der Waals surface area contributed by atoms with Crippen LogP contribution >= 0.6 is 0 Å². The van der Waals surface area contributed by atoms with Crippen molar-refractivity contribution >= 4 is 11.4 Å². The largest absolute Gasteiger partial charge is 0.490 e. The number of H-pyrrole nitrogens is 1. The maximum atomic E-state index is 13.8. The molecule has 9 heteroatoms. The summed E-state index contributed by atoms with van der Waals surface area (Å²) in [5.74, 6) is 0.0693. The third-order valence-corrected chi connectivity index (χ3v) is 2.84. The first-order valence-electron chi connectivity index (χ1n) is 6.22. The SMILES string of the molecule is COc1cc(NCCCc2ncn[nH]2)c(F)cc1[N+](=O)[O-]. The maximum absolute atomic E-state index is 13.8. The van der Waals surface area contributed by atoms with E-state index in [0.717, 1.165) is 11.9 Å². The molecule has 2 rings (SSSR count). The van der Waals surface area contributed by atoms with Crippen LogP contribution in [-0.2, 0) is 6.42 Å². The van der Waals surface area contributed by atoms with Gasteiger partial charge >= 0.3 is 5.69 Å². The number of nitro benzene ring substituents is 1. The zero-order chi connectivity index (χ0) is 15.2. The molecule has 8 nitrogen and oxygen atoms in total. The molecule has 1 heterocycles. The number of anilines is 1. The standard InChI is InChI=1S/C12H14FN5O3/c1-21-11-6-9(8(13)5-10(11)18(19)20)14-4-2-3-12-15-7-16-17-12/h5-7,14H,2-4H2,1H3,(H,15,16,17). The first kappa shape index (κ1) is 14.7. The van der Waals surface area contributed by atoms with Gasteiger partial charge in [-0.3, -0.25) is 15.2 Å². The number of aryl methyl sites for hydroxylation is 1. The first-order valence-corrected chi connectivity index (χ1v) is 6.22. The number of nitrogens with one attached hydrogen (secondary N) is 2. The Hall–Kier alpha value is -2.71. The summed E-state index contributed by atoms with van der Waals surface area (Å²) in [7, 11) is 1.30. The summed E-state index contributed by atoms with van der Waals surface area (Å²) < 4.78 is 18.7. The Morgan fingerprint density at radius 3 is 2.95 bits per heavy atom. The van der Waals surface area contributed by atoms with Gasteiger partial charge < -0.3 is 10.1 Å². The molecule has 1 aromatic carbocycles. The van der Waals surface area contributed by atoms with Crippen molar-refractivity contribution in [3.05, 3.63) is 40.2 Å². The number of nitro groups is 1. The predicted octanol–water partition coefficient (Wildman–Crippen LogP) is 1.91. The molecule has 0 unspecified atom stereocenters. The second-order valence-corrected chi connectivity index (χ2v) is 4.22. The quantitative estimate of drug-likeness (QED) is 0.459. The highest BCUT2D eigenvalue weighted by atomic mass is 19.1. The van der Waals surface area contributed by atoms with Crippen LogP contribution in [0.1, 0.15) is 12.2 Å². The molecule has 0 aliphatic rings. The Balaban J connectivity index is 1.98. The van der Waals surface area contributed by atoms with E-state index >= 15 is 0 Å². The fourth-order valence-corrected chi connectivity index (χ4v) is 1.81. The van der Waals surface area contributed by atoms with Crippen molar-refractivity contribution in [2.45, 2.75) is 12.8 Å². The summed E-state index contributed by atoms with van der Waals surface area (Å²) in [5.41, 5.74) is -0.239. The van der Waals surface area contributed by atoms with Crippen molar-refractivity contribution in [1.29, 1.82) is 0 Å². The van der Waals surface area contributed by atoms with Gasteiger partial charge in [-0.25, -0.2) is 9.37 Å². The molecule has 0 bridgehead atoms. The molecular weight excluding hydrogens is 281 g/mol. The van der Waals surface area contributed by atoms with Gasteiger partial charge in [-0.2, -0.15) is 5.10 Å². The minimum absolute atomic E-state index is 0.0131. The van der Waals surface area contributed by atoms with E-state index in [4.69, 9.17) is 4.74 Å². The second kappa shape index (κ2) is 6.64. The Kier molecular flexibility index (Phi) is 4.64. The van der Waals surface area contributed by atoms with Crippen molar-refractivity contribution in [1.82, 2.24) is 15.2 Å². The number of rotatable bonds is 7. The number of aromatic amines is 1. The summed E-state index contributed by atoms with van der Waals surface area (Å²) in [4.78, 5) is 14.0. The van der Waals surface area contributed by atoms with Gasteiger partial charge in [0.2, 0.25) is 0 Å². The second-order valence-electron chi connectivity index (χ2n) is 4.22. The number of nitrogens with zero attached hydrogens (tertiary/aromatic N) is 3. The van der Waals surface area contributed by atoms with E-state index in [-0.39, 0.29) is 11.4 Å². The summed E-state index contributed by atoms with van der Waals surface area (Å²) in [6.45, 7) is 0.485. The smallest absolute Gasteiger partial charge is 0.313 e. The summed E-state index contributed by atoms with van der Waals surface area (Å²) in [6, 6.07) is 2.12. The normalized spacial score (nSPS) is 10.4. The van der Waals surface area contributed by atoms with Crippen LogP contribution in [-0.4, -0.2) is 33.8 Å². The number of aromatic nitrogens is 3. The van der Waals surface area contributed by atoms with Crippen LogP contribution in [0.25, 0.3) is 0 Å². The van der Waals surface area contributed by atoms with Crippen LogP contribution in [0.5, 0.6) is 5.75 Å².